The SMILES string of the molecule is COc1cccc(CN(C/C(N)=N/O)C(C)C)c1F. The van der Waals surface area contributed by atoms with E-state index in [0.717, 1.165) is 0 Å². The Kier molecular flexibility index (Phi) is 5.57. The normalized spacial score (nSPS) is 12.2. The lowest BCUT2D eigenvalue weighted by Gasteiger charge is -2.26. The quantitative estimate of drug-likeness (QED) is 0.357. The summed E-state index contributed by atoms with van der Waals surface area (Å²) in [6, 6.07) is 5.13. The van der Waals surface area contributed by atoms with Crippen LogP contribution in [0.1, 0.15) is 19.4 Å². The lowest BCUT2D eigenvalue weighted by molar-refractivity contribution is 0.234. The smallest absolute Gasteiger partial charge is 0.169 e. The van der Waals surface area contributed by atoms with Crippen LogP contribution in [0.2, 0.25) is 0 Å². The summed E-state index contributed by atoms with van der Waals surface area (Å²) >= 11 is 0. The highest BCUT2D eigenvalue weighted by Gasteiger charge is 2.16. The molecule has 0 atom stereocenters. The molecule has 0 saturated carbocycles. The van der Waals surface area contributed by atoms with Gasteiger partial charge in [-0.1, -0.05) is 17.3 Å². The van der Waals surface area contributed by atoms with E-state index in [1.807, 2.05) is 18.7 Å². The minimum Gasteiger partial charge on any atom is -0.494 e. The number of hydrogen-bond donors (Lipinski definition) is 2. The van der Waals surface area contributed by atoms with Crippen molar-refractivity contribution in [1.82, 2.24) is 4.90 Å². The van der Waals surface area contributed by atoms with Gasteiger partial charge in [-0.15, -0.1) is 0 Å². The number of hydrogen-bond acceptors (Lipinski definition) is 4. The minimum absolute atomic E-state index is 0.0944. The number of benzene rings is 1. The maximum absolute atomic E-state index is 14.1. The molecular weight excluding hydrogens is 249 g/mol. The average molecular weight is 269 g/mol. The topological polar surface area (TPSA) is 71.1 Å². The van der Waals surface area contributed by atoms with Crippen molar-refractivity contribution in [1.29, 1.82) is 0 Å². The summed E-state index contributed by atoms with van der Waals surface area (Å²) in [5, 5.41) is 11.6. The fourth-order valence-corrected chi connectivity index (χ4v) is 1.72. The van der Waals surface area contributed by atoms with Gasteiger partial charge in [0.25, 0.3) is 0 Å². The Bertz CT molecular complexity index is 450. The van der Waals surface area contributed by atoms with Gasteiger partial charge >= 0.3 is 0 Å². The molecule has 106 valence electrons. The monoisotopic (exact) mass is 269 g/mol. The molecule has 0 spiro atoms. The first-order valence-electron chi connectivity index (χ1n) is 6.01. The zero-order chi connectivity index (χ0) is 14.4. The predicted molar refractivity (Wildman–Crippen MR) is 71.9 cm³/mol. The zero-order valence-electron chi connectivity index (χ0n) is 11.4. The molecule has 0 aliphatic heterocycles. The number of oxime groups is 1. The number of rotatable bonds is 6. The van der Waals surface area contributed by atoms with Crippen LogP contribution in [0.5, 0.6) is 5.75 Å². The number of amidine groups is 1. The highest BCUT2D eigenvalue weighted by atomic mass is 19.1. The van der Waals surface area contributed by atoms with E-state index in [0.29, 0.717) is 12.1 Å². The molecule has 3 N–H and O–H groups in total. The third kappa shape index (κ3) is 4.10. The van der Waals surface area contributed by atoms with Gasteiger partial charge in [0, 0.05) is 18.2 Å². The summed E-state index contributed by atoms with van der Waals surface area (Å²) in [6.07, 6.45) is 0. The lowest BCUT2D eigenvalue weighted by atomic mass is 10.1. The van der Waals surface area contributed by atoms with Crippen molar-refractivity contribution in [3.05, 3.63) is 29.6 Å². The first kappa shape index (κ1) is 15.2. The van der Waals surface area contributed by atoms with Crippen molar-refractivity contribution in [2.24, 2.45) is 10.9 Å². The van der Waals surface area contributed by atoms with E-state index in [1.54, 1.807) is 18.2 Å². The Morgan fingerprint density at radius 1 is 1.53 bits per heavy atom. The van der Waals surface area contributed by atoms with Crippen molar-refractivity contribution in [3.8, 4) is 5.75 Å². The molecule has 0 heterocycles. The second-order valence-corrected chi connectivity index (χ2v) is 4.52. The summed E-state index contributed by atoms with van der Waals surface area (Å²) in [5.74, 6) is -0.0721. The largest absolute Gasteiger partial charge is 0.494 e. The second-order valence-electron chi connectivity index (χ2n) is 4.52. The molecule has 5 nitrogen and oxygen atoms in total. The molecule has 0 aliphatic rings. The van der Waals surface area contributed by atoms with Crippen LogP contribution in [0, 0.1) is 5.82 Å². The molecule has 0 bridgehead atoms. The Morgan fingerprint density at radius 2 is 2.21 bits per heavy atom. The van der Waals surface area contributed by atoms with Crippen LogP contribution in [0.15, 0.2) is 23.4 Å². The van der Waals surface area contributed by atoms with E-state index in [4.69, 9.17) is 15.7 Å². The third-order valence-electron chi connectivity index (χ3n) is 2.86. The molecule has 19 heavy (non-hydrogen) atoms. The predicted octanol–water partition coefficient (Wildman–Crippen LogP) is 1.79. The van der Waals surface area contributed by atoms with E-state index in [-0.39, 0.29) is 30.0 Å². The maximum atomic E-state index is 14.1. The van der Waals surface area contributed by atoms with E-state index in [2.05, 4.69) is 5.16 Å². The first-order chi connectivity index (χ1) is 8.99. The molecule has 1 aromatic rings. The number of nitrogens with two attached hydrogens (primary N) is 1. The lowest BCUT2D eigenvalue weighted by Crippen LogP contribution is -2.38. The third-order valence-corrected chi connectivity index (χ3v) is 2.86. The van der Waals surface area contributed by atoms with Gasteiger partial charge in [-0.2, -0.15) is 0 Å². The Labute approximate surface area is 112 Å². The summed E-state index contributed by atoms with van der Waals surface area (Å²) in [4.78, 5) is 1.90. The van der Waals surface area contributed by atoms with Gasteiger partial charge in [0.15, 0.2) is 17.4 Å². The van der Waals surface area contributed by atoms with Crippen molar-refractivity contribution in [2.75, 3.05) is 13.7 Å². The first-order valence-corrected chi connectivity index (χ1v) is 6.01. The van der Waals surface area contributed by atoms with Crippen molar-refractivity contribution >= 4 is 5.84 Å². The molecule has 0 aliphatic carbocycles. The van der Waals surface area contributed by atoms with Crippen LogP contribution >= 0.6 is 0 Å². The summed E-state index contributed by atoms with van der Waals surface area (Å²) in [5.41, 5.74) is 6.01. The van der Waals surface area contributed by atoms with Crippen molar-refractivity contribution < 1.29 is 14.3 Å². The maximum Gasteiger partial charge on any atom is 0.169 e. The highest BCUT2D eigenvalue weighted by Crippen LogP contribution is 2.21. The molecule has 0 aromatic heterocycles. The molecule has 1 aromatic carbocycles. The molecule has 0 fully saturated rings. The van der Waals surface area contributed by atoms with Crippen LogP contribution in [-0.4, -0.2) is 35.6 Å². The molecule has 0 saturated heterocycles. The van der Waals surface area contributed by atoms with Crippen LogP contribution in [0.4, 0.5) is 4.39 Å². The second kappa shape index (κ2) is 6.94. The number of halogens is 1. The van der Waals surface area contributed by atoms with E-state index < -0.39 is 0 Å². The van der Waals surface area contributed by atoms with Crippen LogP contribution in [0.25, 0.3) is 0 Å². The van der Waals surface area contributed by atoms with E-state index in [9.17, 15) is 4.39 Å². The number of nitrogens with zero attached hydrogens (tertiary/aromatic N) is 2. The van der Waals surface area contributed by atoms with Crippen LogP contribution in [-0.2, 0) is 6.54 Å². The average Bonchev–Trinajstić information content (AvgIpc) is 2.39. The van der Waals surface area contributed by atoms with Gasteiger partial charge in [0.2, 0.25) is 0 Å². The molecular formula is C13H20FN3O2. The van der Waals surface area contributed by atoms with Gasteiger partial charge in [0.1, 0.15) is 0 Å². The van der Waals surface area contributed by atoms with Crippen molar-refractivity contribution in [3.63, 3.8) is 0 Å². The number of methoxy groups -OCH3 is 1. The van der Waals surface area contributed by atoms with Crippen LogP contribution in [0.3, 0.4) is 0 Å². The van der Waals surface area contributed by atoms with E-state index in [1.165, 1.54) is 7.11 Å². The Hall–Kier alpha value is -1.82. The van der Waals surface area contributed by atoms with Gasteiger partial charge in [-0.05, 0) is 19.9 Å². The molecule has 6 heteroatoms. The molecule has 0 radical (unpaired) electrons. The van der Waals surface area contributed by atoms with Gasteiger partial charge in [-0.3, -0.25) is 4.90 Å². The molecule has 0 amide bonds. The van der Waals surface area contributed by atoms with Gasteiger partial charge < -0.3 is 15.7 Å². The van der Waals surface area contributed by atoms with E-state index >= 15 is 0 Å². The van der Waals surface area contributed by atoms with Gasteiger partial charge in [0.05, 0.1) is 13.7 Å². The fourth-order valence-electron chi connectivity index (χ4n) is 1.72. The highest BCUT2D eigenvalue weighted by molar-refractivity contribution is 5.81. The zero-order valence-corrected chi connectivity index (χ0v) is 11.4. The minimum atomic E-state index is -0.379. The molecule has 1 rings (SSSR count). The van der Waals surface area contributed by atoms with Crippen molar-refractivity contribution in [2.45, 2.75) is 26.4 Å². The number of ether oxygens (including phenoxy) is 1. The summed E-state index contributed by atoms with van der Waals surface area (Å²) in [6.45, 7) is 4.55. The Morgan fingerprint density at radius 3 is 2.74 bits per heavy atom. The molecule has 0 unspecified atom stereocenters. The van der Waals surface area contributed by atoms with Gasteiger partial charge in [-0.25, -0.2) is 4.39 Å². The summed E-state index contributed by atoms with van der Waals surface area (Å²) < 4.78 is 19.0. The standard InChI is InChI=1S/C13H20FN3O2/c1-9(2)17(8-12(15)16-18)7-10-5-4-6-11(19-3)13(10)14/h4-6,9,18H,7-8H2,1-3H3,(H2,15,16). The van der Waals surface area contributed by atoms with Crippen LogP contribution < -0.4 is 10.5 Å². The summed E-state index contributed by atoms with van der Waals surface area (Å²) in [7, 11) is 1.43. The Balaban J connectivity index is 2.91. The fraction of sp³-hybridized carbons (Fsp3) is 0.462.